The number of esters is 1. The third kappa shape index (κ3) is 4.13. The van der Waals surface area contributed by atoms with Gasteiger partial charge in [0.25, 0.3) is 5.91 Å². The number of benzene rings is 2. The van der Waals surface area contributed by atoms with Crippen molar-refractivity contribution < 1.29 is 18.7 Å². The number of furan rings is 1. The van der Waals surface area contributed by atoms with Gasteiger partial charge in [0.1, 0.15) is 0 Å². The van der Waals surface area contributed by atoms with Crippen LogP contribution in [0.2, 0.25) is 5.02 Å². The average molecular weight is 370 g/mol. The summed E-state index contributed by atoms with van der Waals surface area (Å²) in [6.07, 6.45) is 0.233. The quantitative estimate of drug-likeness (QED) is 0.657. The summed E-state index contributed by atoms with van der Waals surface area (Å²) in [6, 6.07) is 17.0. The molecule has 1 amide bonds. The van der Waals surface area contributed by atoms with Crippen LogP contribution in [0.3, 0.4) is 0 Å². The Bertz CT molecular complexity index is 907. The van der Waals surface area contributed by atoms with Crippen LogP contribution >= 0.6 is 11.6 Å². The van der Waals surface area contributed by atoms with Gasteiger partial charge < -0.3 is 14.5 Å². The molecule has 3 aromatic rings. The molecule has 3 rings (SSSR count). The van der Waals surface area contributed by atoms with E-state index in [0.717, 1.165) is 5.56 Å². The Kier molecular flexibility index (Phi) is 5.39. The number of rotatable bonds is 5. The molecule has 0 spiro atoms. The Hall–Kier alpha value is -3.05. The third-order valence-corrected chi connectivity index (χ3v) is 4.13. The summed E-state index contributed by atoms with van der Waals surface area (Å²) in [6.45, 7) is 1.87. The molecule has 132 valence electrons. The second kappa shape index (κ2) is 7.89. The Balaban J connectivity index is 1.83. The highest BCUT2D eigenvalue weighted by Gasteiger charge is 2.26. The van der Waals surface area contributed by atoms with Crippen molar-refractivity contribution >= 4 is 29.2 Å². The highest BCUT2D eigenvalue weighted by molar-refractivity contribution is 6.31. The first-order valence-corrected chi connectivity index (χ1v) is 8.29. The van der Waals surface area contributed by atoms with E-state index in [1.54, 1.807) is 48.5 Å². The largest absolute Gasteiger partial charge is 0.457 e. The Labute approximate surface area is 155 Å². The smallest absolute Gasteiger partial charge is 0.375 e. The van der Waals surface area contributed by atoms with E-state index >= 15 is 0 Å². The maximum Gasteiger partial charge on any atom is 0.375 e. The van der Waals surface area contributed by atoms with Gasteiger partial charge in [0.05, 0.1) is 6.26 Å². The zero-order chi connectivity index (χ0) is 18.5. The number of halogens is 1. The molecule has 1 aromatic heterocycles. The minimum absolute atomic E-state index is 0.0251. The predicted molar refractivity (Wildman–Crippen MR) is 98.1 cm³/mol. The van der Waals surface area contributed by atoms with E-state index < -0.39 is 18.0 Å². The standard InChI is InChI=1S/C20H16ClNO4/c1-13-9-10-15(12-16(13)21)22-19(23)18(14-6-3-2-4-7-14)26-20(24)17-8-5-11-25-17/h2-12,18H,1H3,(H,22,23). The van der Waals surface area contributed by atoms with Gasteiger partial charge in [-0.05, 0) is 36.8 Å². The first-order chi connectivity index (χ1) is 12.5. The van der Waals surface area contributed by atoms with Gasteiger partial charge in [-0.2, -0.15) is 0 Å². The first-order valence-electron chi connectivity index (χ1n) is 7.91. The van der Waals surface area contributed by atoms with Gasteiger partial charge in [0.15, 0.2) is 0 Å². The van der Waals surface area contributed by atoms with Crippen LogP contribution in [0.25, 0.3) is 0 Å². The minimum atomic E-state index is -1.13. The highest BCUT2D eigenvalue weighted by atomic mass is 35.5. The van der Waals surface area contributed by atoms with Gasteiger partial charge >= 0.3 is 5.97 Å². The van der Waals surface area contributed by atoms with Crippen LogP contribution in [-0.4, -0.2) is 11.9 Å². The van der Waals surface area contributed by atoms with Crippen LogP contribution in [0.5, 0.6) is 0 Å². The van der Waals surface area contributed by atoms with Gasteiger partial charge in [0, 0.05) is 16.3 Å². The SMILES string of the molecule is Cc1ccc(NC(=O)C(OC(=O)c2ccco2)c2ccccc2)cc1Cl. The zero-order valence-corrected chi connectivity index (χ0v) is 14.7. The van der Waals surface area contributed by atoms with Crippen molar-refractivity contribution in [2.75, 3.05) is 5.32 Å². The summed E-state index contributed by atoms with van der Waals surface area (Å²) in [5.41, 5.74) is 1.96. The van der Waals surface area contributed by atoms with Crippen LogP contribution in [0.4, 0.5) is 5.69 Å². The van der Waals surface area contributed by atoms with Crippen LogP contribution in [0, 0.1) is 6.92 Å². The Morgan fingerprint density at radius 3 is 2.50 bits per heavy atom. The Morgan fingerprint density at radius 2 is 1.85 bits per heavy atom. The number of hydrogen-bond donors (Lipinski definition) is 1. The van der Waals surface area contributed by atoms with Crippen LogP contribution < -0.4 is 5.32 Å². The lowest BCUT2D eigenvalue weighted by atomic mass is 10.1. The second-order valence-electron chi connectivity index (χ2n) is 5.63. The van der Waals surface area contributed by atoms with Crippen LogP contribution in [0.15, 0.2) is 71.3 Å². The molecule has 5 nitrogen and oxygen atoms in total. The van der Waals surface area contributed by atoms with Gasteiger partial charge in [-0.15, -0.1) is 0 Å². The summed E-state index contributed by atoms with van der Waals surface area (Å²) < 4.78 is 10.4. The summed E-state index contributed by atoms with van der Waals surface area (Å²) >= 11 is 6.10. The lowest BCUT2D eigenvalue weighted by molar-refractivity contribution is -0.125. The van der Waals surface area contributed by atoms with Crippen molar-refractivity contribution in [1.29, 1.82) is 0 Å². The molecule has 0 radical (unpaired) electrons. The predicted octanol–water partition coefficient (Wildman–Crippen LogP) is 4.78. The fraction of sp³-hybridized carbons (Fsp3) is 0.100. The molecule has 1 atom stereocenters. The van der Waals surface area contributed by atoms with E-state index in [2.05, 4.69) is 5.32 Å². The van der Waals surface area contributed by atoms with Crippen LogP contribution in [-0.2, 0) is 9.53 Å². The number of hydrogen-bond acceptors (Lipinski definition) is 4. The highest BCUT2D eigenvalue weighted by Crippen LogP contribution is 2.24. The topological polar surface area (TPSA) is 68.5 Å². The average Bonchev–Trinajstić information content (AvgIpc) is 3.18. The molecule has 26 heavy (non-hydrogen) atoms. The molecule has 1 heterocycles. The number of carbonyl (C=O) groups is 2. The number of carbonyl (C=O) groups excluding carboxylic acids is 2. The molecule has 6 heteroatoms. The van der Waals surface area contributed by atoms with Gasteiger partial charge in [0.2, 0.25) is 11.9 Å². The van der Waals surface area contributed by atoms with Crippen molar-refractivity contribution in [2.45, 2.75) is 13.0 Å². The lowest BCUT2D eigenvalue weighted by Crippen LogP contribution is -2.25. The van der Waals surface area contributed by atoms with E-state index in [9.17, 15) is 9.59 Å². The number of ether oxygens (including phenoxy) is 1. The fourth-order valence-corrected chi connectivity index (χ4v) is 2.52. The molecule has 0 aliphatic carbocycles. The summed E-state index contributed by atoms with van der Waals surface area (Å²) in [5.74, 6) is -1.19. The molecule has 0 aliphatic heterocycles. The molecule has 0 fully saturated rings. The third-order valence-electron chi connectivity index (χ3n) is 3.73. The van der Waals surface area contributed by atoms with E-state index in [1.807, 2.05) is 13.0 Å². The van der Waals surface area contributed by atoms with Crippen LogP contribution in [0.1, 0.15) is 27.8 Å². The maximum atomic E-state index is 12.8. The van der Waals surface area contributed by atoms with Gasteiger partial charge in [-0.1, -0.05) is 48.0 Å². The van der Waals surface area contributed by atoms with Crippen molar-refractivity contribution in [3.63, 3.8) is 0 Å². The second-order valence-corrected chi connectivity index (χ2v) is 6.03. The summed E-state index contributed by atoms with van der Waals surface area (Å²) in [7, 11) is 0. The monoisotopic (exact) mass is 369 g/mol. The molecule has 1 N–H and O–H groups in total. The van der Waals surface area contributed by atoms with E-state index in [1.165, 1.54) is 12.3 Å². The summed E-state index contributed by atoms with van der Waals surface area (Å²) in [4.78, 5) is 25.0. The van der Waals surface area contributed by atoms with E-state index in [-0.39, 0.29) is 5.76 Å². The maximum absolute atomic E-state index is 12.8. The number of aryl methyl sites for hydroxylation is 1. The minimum Gasteiger partial charge on any atom is -0.457 e. The zero-order valence-electron chi connectivity index (χ0n) is 13.9. The van der Waals surface area contributed by atoms with Crippen molar-refractivity contribution in [3.05, 3.63) is 88.8 Å². The molecule has 0 saturated carbocycles. The molecule has 0 bridgehead atoms. The van der Waals surface area contributed by atoms with Crippen molar-refractivity contribution in [3.8, 4) is 0 Å². The van der Waals surface area contributed by atoms with Crippen molar-refractivity contribution in [1.82, 2.24) is 0 Å². The molecule has 1 unspecified atom stereocenters. The fourth-order valence-electron chi connectivity index (χ4n) is 2.34. The van der Waals surface area contributed by atoms with Crippen molar-refractivity contribution in [2.24, 2.45) is 0 Å². The van der Waals surface area contributed by atoms with E-state index in [4.69, 9.17) is 20.8 Å². The molecule has 0 saturated heterocycles. The molecule has 2 aromatic carbocycles. The first kappa shape index (κ1) is 17.8. The van der Waals surface area contributed by atoms with Gasteiger partial charge in [-0.25, -0.2) is 4.79 Å². The number of amides is 1. The molecule has 0 aliphatic rings. The van der Waals surface area contributed by atoms with Gasteiger partial charge in [-0.3, -0.25) is 4.79 Å². The number of nitrogens with one attached hydrogen (secondary N) is 1. The molecular weight excluding hydrogens is 354 g/mol. The Morgan fingerprint density at radius 1 is 1.08 bits per heavy atom. The normalized spacial score (nSPS) is 11.6. The number of anilines is 1. The summed E-state index contributed by atoms with van der Waals surface area (Å²) in [5, 5.41) is 3.26. The molecular formula is C20H16ClNO4. The lowest BCUT2D eigenvalue weighted by Gasteiger charge is -2.17. The van der Waals surface area contributed by atoms with E-state index in [0.29, 0.717) is 16.3 Å².